The van der Waals surface area contributed by atoms with Gasteiger partial charge in [0, 0.05) is 6.08 Å². The molecule has 112 valence electrons. The number of carboxylic acids is 1. The van der Waals surface area contributed by atoms with E-state index in [4.69, 9.17) is 9.66 Å². The molecular formula is C11H19NaO7S. The van der Waals surface area contributed by atoms with Crippen LogP contribution in [0.2, 0.25) is 3.67 Å². The predicted molar refractivity (Wildman–Crippen MR) is 74.1 cm³/mol. The van der Waals surface area contributed by atoms with Crippen LogP contribution in [-0.4, -0.2) is 69.8 Å². The molecule has 0 aromatic rings. The molecule has 0 saturated carbocycles. The van der Waals surface area contributed by atoms with Crippen molar-refractivity contribution >= 4 is 50.0 Å². The quantitative estimate of drug-likeness (QED) is 0.320. The fourth-order valence-corrected chi connectivity index (χ4v) is 2.36. The Labute approximate surface area is 136 Å². The molecule has 0 fully saturated rings. The first-order chi connectivity index (χ1) is 9.06. The maximum absolute atomic E-state index is 10.7. The van der Waals surface area contributed by atoms with E-state index in [-0.39, 0.29) is 6.61 Å². The van der Waals surface area contributed by atoms with Crippen LogP contribution in [0.5, 0.6) is 0 Å². The zero-order valence-corrected chi connectivity index (χ0v) is 14.9. The molecule has 0 saturated heterocycles. The third-order valence-corrected chi connectivity index (χ3v) is 5.45. The Bertz CT molecular complexity index is 430. The van der Waals surface area contributed by atoms with Crippen LogP contribution in [0.15, 0.2) is 12.2 Å². The van der Waals surface area contributed by atoms with Gasteiger partial charge in [0.25, 0.3) is 0 Å². The number of aliphatic carboxylic acids is 1. The van der Waals surface area contributed by atoms with Crippen LogP contribution in [0.3, 0.4) is 0 Å². The molecule has 2 unspecified atom stereocenters. The van der Waals surface area contributed by atoms with Gasteiger partial charge in [-0.3, -0.25) is 4.79 Å². The van der Waals surface area contributed by atoms with E-state index >= 15 is 0 Å². The molecule has 9 heteroatoms. The van der Waals surface area contributed by atoms with Gasteiger partial charge in [-0.2, -0.15) is 0 Å². The van der Waals surface area contributed by atoms with Crippen molar-refractivity contribution < 1.29 is 32.4 Å². The predicted octanol–water partition coefficient (Wildman–Crippen LogP) is 0.676. The summed E-state index contributed by atoms with van der Waals surface area (Å²) in [5.74, 6) is -2.13. The second kappa shape index (κ2) is 11.3. The summed E-state index contributed by atoms with van der Waals surface area (Å²) >= 11 is 0.814. The summed E-state index contributed by atoms with van der Waals surface area (Å²) in [4.78, 5) is 20.9. The molecule has 0 radical (unpaired) electrons. The van der Waals surface area contributed by atoms with E-state index in [2.05, 4.69) is 4.74 Å². The van der Waals surface area contributed by atoms with Crippen molar-refractivity contribution in [2.24, 2.45) is 5.92 Å². The molecule has 20 heavy (non-hydrogen) atoms. The van der Waals surface area contributed by atoms with Crippen LogP contribution in [-0.2, 0) is 24.4 Å². The van der Waals surface area contributed by atoms with Gasteiger partial charge in [0.05, 0.1) is 5.92 Å². The number of carbonyl (C=O) groups is 2. The molecule has 7 nitrogen and oxygen atoms in total. The standard InChI is InChI=1S/C8H12O4.C3H7O3S.Na/c1-3-4-7(9)12-5-6(2)8(10)11;1-3(2)7(4,5)6;/h3-4,6H,5H2,1-2H3,(H,10,11);3H,1H2,2H3,(H,4,5,6);. The molecular weight excluding hydrogens is 299 g/mol. The van der Waals surface area contributed by atoms with Gasteiger partial charge in [0.1, 0.15) is 6.61 Å². The van der Waals surface area contributed by atoms with Crippen LogP contribution < -0.4 is 0 Å². The molecule has 0 aliphatic carbocycles. The van der Waals surface area contributed by atoms with Gasteiger partial charge in [0.15, 0.2) is 0 Å². The first kappa shape index (κ1) is 21.9. The first-order valence-electron chi connectivity index (χ1n) is 6.04. The van der Waals surface area contributed by atoms with Crippen LogP contribution in [0.1, 0.15) is 20.8 Å². The topological polar surface area (TPSA) is 118 Å². The zero-order chi connectivity index (χ0) is 16.3. The van der Waals surface area contributed by atoms with Gasteiger partial charge in [-0.25, -0.2) is 4.79 Å². The Morgan fingerprint density at radius 2 is 1.85 bits per heavy atom. The number of hydrogen-bond acceptors (Lipinski definition) is 5. The van der Waals surface area contributed by atoms with Gasteiger partial charge in [-0.1, -0.05) is 6.08 Å². The fraction of sp³-hybridized carbons (Fsp3) is 0.636. The number of hydrogen-bond donors (Lipinski definition) is 2. The Morgan fingerprint density at radius 1 is 1.35 bits per heavy atom. The monoisotopic (exact) mass is 318 g/mol. The van der Waals surface area contributed by atoms with Crippen molar-refractivity contribution in [3.8, 4) is 0 Å². The van der Waals surface area contributed by atoms with Crippen molar-refractivity contribution in [2.75, 3.05) is 6.61 Å². The molecule has 0 aromatic carbocycles. The van der Waals surface area contributed by atoms with Crippen molar-refractivity contribution in [3.05, 3.63) is 12.2 Å². The number of carbonyl (C=O) groups excluding carboxylic acids is 1. The minimum absolute atomic E-state index is 0.0848. The maximum atomic E-state index is 10.7. The Kier molecular flexibility index (Phi) is 12.3. The first-order valence-corrected chi connectivity index (χ1v) is 8.96. The summed E-state index contributed by atoms with van der Waals surface area (Å²) < 4.78 is 33.8. The minimum Gasteiger partial charge on any atom is -0.481 e. The summed E-state index contributed by atoms with van der Waals surface area (Å²) in [6.45, 7) is 4.58. The number of allylic oxidation sites excluding steroid dienone is 1. The Morgan fingerprint density at radius 3 is 2.10 bits per heavy atom. The van der Waals surface area contributed by atoms with Gasteiger partial charge in [-0.05, 0) is 13.8 Å². The molecule has 0 spiro atoms. The molecule has 0 heterocycles. The van der Waals surface area contributed by atoms with E-state index in [1.807, 2.05) is 0 Å². The summed E-state index contributed by atoms with van der Waals surface area (Å²) in [6.07, 6.45) is 2.78. The smallest absolute Gasteiger partial charge is 0.330 e. The van der Waals surface area contributed by atoms with Gasteiger partial charge in [-0.15, -0.1) is 0 Å². The molecule has 0 amide bonds. The van der Waals surface area contributed by atoms with Crippen LogP contribution in [0, 0.1) is 5.92 Å². The van der Waals surface area contributed by atoms with Gasteiger partial charge in [0.2, 0.25) is 0 Å². The van der Waals surface area contributed by atoms with Gasteiger partial charge >= 0.3 is 78.8 Å². The van der Waals surface area contributed by atoms with Crippen molar-refractivity contribution in [2.45, 2.75) is 29.7 Å². The fourth-order valence-electron chi connectivity index (χ4n) is 0.673. The van der Waals surface area contributed by atoms with Crippen molar-refractivity contribution in [3.63, 3.8) is 0 Å². The third kappa shape index (κ3) is 12.6. The Balaban J connectivity index is 0. The normalized spacial score (nSPS) is 14.1. The second-order valence-corrected chi connectivity index (χ2v) is 6.75. The third-order valence-electron chi connectivity index (χ3n) is 2.28. The average molecular weight is 318 g/mol. The summed E-state index contributed by atoms with van der Waals surface area (Å²) in [6, 6.07) is 0. The number of esters is 1. The number of carboxylic acid groups (broad SMARTS) is 1. The minimum atomic E-state index is -3.72. The SMILES string of the molecule is CC([CH2][Na])S(=O)(=O)O.CC=CC(=O)OCC(C)C(=O)O. The molecule has 0 bridgehead atoms. The largest absolute Gasteiger partial charge is 0.481 e. The Hall–Kier alpha value is -0.410. The molecule has 0 aromatic heterocycles. The van der Waals surface area contributed by atoms with Crippen molar-refractivity contribution in [1.29, 1.82) is 0 Å². The van der Waals surface area contributed by atoms with Crippen molar-refractivity contribution in [1.82, 2.24) is 0 Å². The molecule has 2 atom stereocenters. The summed E-state index contributed by atoms with van der Waals surface area (Å²) in [5.41, 5.74) is 0. The van der Waals surface area contributed by atoms with E-state index in [0.717, 1.165) is 27.9 Å². The molecule has 0 aliphatic rings. The van der Waals surface area contributed by atoms with E-state index in [1.165, 1.54) is 26.0 Å². The van der Waals surface area contributed by atoms with Crippen LogP contribution in [0.25, 0.3) is 0 Å². The number of rotatable bonds is 6. The zero-order valence-electron chi connectivity index (χ0n) is 12.1. The second-order valence-electron chi connectivity index (χ2n) is 4.10. The van der Waals surface area contributed by atoms with E-state index in [1.54, 1.807) is 6.92 Å². The van der Waals surface area contributed by atoms with Crippen LogP contribution in [0.4, 0.5) is 0 Å². The summed E-state index contributed by atoms with van der Waals surface area (Å²) in [5, 5.41) is 7.85. The molecule has 2 N–H and O–H groups in total. The maximum Gasteiger partial charge on any atom is 0.330 e. The molecule has 0 aliphatic heterocycles. The average Bonchev–Trinajstić information content (AvgIpc) is 2.34. The van der Waals surface area contributed by atoms with E-state index in [0.29, 0.717) is 3.67 Å². The van der Waals surface area contributed by atoms with E-state index < -0.39 is 33.2 Å². The van der Waals surface area contributed by atoms with E-state index in [9.17, 15) is 18.0 Å². The molecule has 0 rings (SSSR count). The van der Waals surface area contributed by atoms with Gasteiger partial charge < -0.3 is 9.84 Å². The number of ether oxygens (including phenoxy) is 1. The summed E-state index contributed by atoms with van der Waals surface area (Å²) in [7, 11) is -3.72. The van der Waals surface area contributed by atoms with Crippen LogP contribution >= 0.6 is 0 Å².